The highest BCUT2D eigenvalue weighted by atomic mass is 16.6. The molecule has 3 N–H and O–H groups in total. The molecule has 0 aliphatic carbocycles. The van der Waals surface area contributed by atoms with E-state index in [2.05, 4.69) is 16.0 Å². The van der Waals surface area contributed by atoms with Crippen molar-refractivity contribution in [1.29, 1.82) is 0 Å². The zero-order chi connectivity index (χ0) is 28.3. The summed E-state index contributed by atoms with van der Waals surface area (Å²) in [5, 5.41) is 7.54. The van der Waals surface area contributed by atoms with Crippen molar-refractivity contribution in [3.05, 3.63) is 71.8 Å². The first-order valence-electron chi connectivity index (χ1n) is 13.3. The van der Waals surface area contributed by atoms with Gasteiger partial charge in [-0.25, -0.2) is 14.4 Å². The first-order valence-corrected chi connectivity index (χ1v) is 12.7. The number of carbonyl (C=O) groups excluding carboxylic acids is 4. The normalized spacial score (nSPS) is 12.3. The second-order valence-corrected chi connectivity index (χ2v) is 8.41. The van der Waals surface area contributed by atoms with Crippen LogP contribution in [0, 0.1) is 0 Å². The Morgan fingerprint density at radius 3 is 2.16 bits per heavy atom. The number of rotatable bonds is 16. The number of nitrogens with one attached hydrogen (secondary N) is 3. The van der Waals surface area contributed by atoms with Crippen LogP contribution in [0.5, 0.6) is 0 Å². The molecule has 2 aromatic rings. The lowest BCUT2D eigenvalue weighted by Gasteiger charge is -2.18. The van der Waals surface area contributed by atoms with Crippen molar-refractivity contribution in [3.63, 3.8) is 0 Å². The molecule has 1 unspecified atom stereocenters. The fraction of sp³-hybridized carbons (Fsp3) is 0.429. The minimum absolute atomic E-state index is 0.155. The standard InChI is InChI=1S/C28H37N3O7/c1-2-3-18-36-28(35)30-19-25(32)31-24(26(33)37-20-22-12-6-4-7-13-22)16-10-11-17-29-27(34)38-21-23-14-8-5-9-15-23/h4-9,12-15,24H,2-3,10-11,16-21H2,1H3,(H,29,34)(H,30,35)(H,31,32)/t24-/m0/s1/i20T/t20?,24-. The van der Waals surface area contributed by atoms with Crippen LogP contribution < -0.4 is 16.0 Å². The first-order chi connectivity index (χ1) is 18.9. The number of amides is 3. The highest BCUT2D eigenvalue weighted by molar-refractivity contribution is 5.87. The molecule has 10 nitrogen and oxygen atoms in total. The summed E-state index contributed by atoms with van der Waals surface area (Å²) in [5.41, 5.74) is 1.36. The predicted molar refractivity (Wildman–Crippen MR) is 141 cm³/mol. The van der Waals surface area contributed by atoms with E-state index in [-0.39, 0.29) is 26.2 Å². The molecule has 0 saturated heterocycles. The molecule has 3 amide bonds. The molecular formula is C28H37N3O7. The smallest absolute Gasteiger partial charge is 0.407 e. The van der Waals surface area contributed by atoms with Crippen molar-refractivity contribution >= 4 is 24.1 Å². The van der Waals surface area contributed by atoms with E-state index in [0.29, 0.717) is 31.4 Å². The van der Waals surface area contributed by atoms with Gasteiger partial charge >= 0.3 is 18.2 Å². The van der Waals surface area contributed by atoms with E-state index >= 15 is 0 Å². The Kier molecular flexibility index (Phi) is 13.7. The van der Waals surface area contributed by atoms with Gasteiger partial charge in [-0.15, -0.1) is 0 Å². The third kappa shape index (κ3) is 13.3. The van der Waals surface area contributed by atoms with Gasteiger partial charge in [0.2, 0.25) is 5.91 Å². The van der Waals surface area contributed by atoms with Crippen LogP contribution in [0.2, 0.25) is 0 Å². The van der Waals surface area contributed by atoms with Gasteiger partial charge < -0.3 is 30.2 Å². The van der Waals surface area contributed by atoms with E-state index in [1.54, 1.807) is 30.3 Å². The monoisotopic (exact) mass is 529 g/mol. The van der Waals surface area contributed by atoms with E-state index in [1.165, 1.54) is 0 Å². The lowest BCUT2D eigenvalue weighted by Crippen LogP contribution is -2.46. The molecule has 0 radical (unpaired) electrons. The molecule has 38 heavy (non-hydrogen) atoms. The second-order valence-electron chi connectivity index (χ2n) is 8.41. The van der Waals surface area contributed by atoms with Crippen molar-refractivity contribution in [2.75, 3.05) is 19.7 Å². The van der Waals surface area contributed by atoms with Crippen LogP contribution >= 0.6 is 0 Å². The molecule has 0 heterocycles. The number of hydrogen-bond acceptors (Lipinski definition) is 7. The predicted octanol–water partition coefficient (Wildman–Crippen LogP) is 3.84. The minimum Gasteiger partial charge on any atom is -0.459 e. The third-order valence-corrected chi connectivity index (χ3v) is 5.26. The van der Waals surface area contributed by atoms with Crippen LogP contribution in [-0.4, -0.2) is 49.8 Å². The van der Waals surface area contributed by atoms with Crippen molar-refractivity contribution in [1.82, 2.24) is 16.0 Å². The lowest BCUT2D eigenvalue weighted by atomic mass is 10.1. The van der Waals surface area contributed by atoms with Crippen molar-refractivity contribution in [3.8, 4) is 0 Å². The molecule has 0 aromatic heterocycles. The highest BCUT2D eigenvalue weighted by Gasteiger charge is 2.22. The largest absolute Gasteiger partial charge is 0.459 e. The Bertz CT molecular complexity index is 1020. The van der Waals surface area contributed by atoms with E-state index in [4.69, 9.17) is 15.6 Å². The Balaban J connectivity index is 1.81. The molecule has 10 heteroatoms. The third-order valence-electron chi connectivity index (χ3n) is 5.26. The summed E-state index contributed by atoms with van der Waals surface area (Å²) < 4.78 is 23.5. The summed E-state index contributed by atoms with van der Waals surface area (Å²) in [6, 6.07) is 16.8. The molecule has 2 atom stereocenters. The number of ether oxygens (including phenoxy) is 3. The summed E-state index contributed by atoms with van der Waals surface area (Å²) in [6.45, 7) is 1.03. The fourth-order valence-electron chi connectivity index (χ4n) is 3.18. The van der Waals surface area contributed by atoms with Gasteiger partial charge in [-0.1, -0.05) is 74.0 Å². The summed E-state index contributed by atoms with van der Waals surface area (Å²) in [6.07, 6.45) is 1.46. The molecule has 0 aliphatic heterocycles. The maximum atomic E-state index is 12.8. The number of hydrogen-bond donors (Lipinski definition) is 3. The molecule has 0 saturated carbocycles. The second kappa shape index (κ2) is 18.2. The van der Waals surface area contributed by atoms with Gasteiger partial charge in [0.15, 0.2) is 0 Å². The van der Waals surface area contributed by atoms with Crippen LogP contribution in [0.4, 0.5) is 9.59 Å². The molecule has 2 rings (SSSR count). The average molecular weight is 530 g/mol. The molecular weight excluding hydrogens is 490 g/mol. The maximum absolute atomic E-state index is 12.8. The maximum Gasteiger partial charge on any atom is 0.407 e. The van der Waals surface area contributed by atoms with Gasteiger partial charge in [0.05, 0.1) is 7.98 Å². The SMILES string of the molecule is [3H]C(OC(=O)[C@H](CCCCNC(=O)OCc1ccccc1)NC(=O)CNC(=O)OCCCC)c1ccccc1. The van der Waals surface area contributed by atoms with Gasteiger partial charge in [0.1, 0.15) is 25.8 Å². The van der Waals surface area contributed by atoms with E-state index in [0.717, 1.165) is 12.0 Å². The molecule has 0 spiro atoms. The van der Waals surface area contributed by atoms with Crippen molar-refractivity contribution in [2.24, 2.45) is 0 Å². The van der Waals surface area contributed by atoms with Gasteiger partial charge in [-0.3, -0.25) is 4.79 Å². The van der Waals surface area contributed by atoms with E-state index < -0.39 is 36.7 Å². The quantitative estimate of drug-likeness (QED) is 0.171. The Hall–Kier alpha value is -4.08. The summed E-state index contributed by atoms with van der Waals surface area (Å²) in [7, 11) is 0. The molecule has 0 fully saturated rings. The number of benzene rings is 2. The van der Waals surface area contributed by atoms with Crippen LogP contribution in [0.1, 0.15) is 51.5 Å². The number of alkyl carbamates (subject to hydrolysis) is 2. The minimum atomic E-state index is -1.26. The molecule has 206 valence electrons. The van der Waals surface area contributed by atoms with E-state index in [9.17, 15) is 19.2 Å². The van der Waals surface area contributed by atoms with Gasteiger partial charge in [-0.2, -0.15) is 0 Å². The highest BCUT2D eigenvalue weighted by Crippen LogP contribution is 2.07. The van der Waals surface area contributed by atoms with Crippen molar-refractivity contribution < 1.29 is 34.8 Å². The summed E-state index contributed by atoms with van der Waals surface area (Å²) >= 11 is 0. The van der Waals surface area contributed by atoms with Gasteiger partial charge in [0.25, 0.3) is 0 Å². The van der Waals surface area contributed by atoms with Crippen LogP contribution in [0.15, 0.2) is 60.7 Å². The van der Waals surface area contributed by atoms with E-state index in [1.807, 2.05) is 37.3 Å². The Labute approximate surface area is 224 Å². The first kappa shape index (κ1) is 28.5. The fourth-order valence-corrected chi connectivity index (χ4v) is 3.18. The molecule has 2 aromatic carbocycles. The Morgan fingerprint density at radius 1 is 0.816 bits per heavy atom. The number of unbranched alkanes of at least 4 members (excludes halogenated alkanes) is 2. The van der Waals surface area contributed by atoms with Gasteiger partial charge in [0, 0.05) is 6.54 Å². The molecule has 0 bridgehead atoms. The Morgan fingerprint density at radius 2 is 1.47 bits per heavy atom. The summed E-state index contributed by atoms with van der Waals surface area (Å²) in [4.78, 5) is 48.8. The lowest BCUT2D eigenvalue weighted by molar-refractivity contribution is -0.149. The number of esters is 1. The van der Waals surface area contributed by atoms with Crippen LogP contribution in [-0.2, 0) is 37.0 Å². The van der Waals surface area contributed by atoms with Gasteiger partial charge in [-0.05, 0) is 36.8 Å². The van der Waals surface area contributed by atoms with Crippen LogP contribution in [0.25, 0.3) is 0 Å². The number of carbonyl (C=O) groups is 4. The molecule has 0 aliphatic rings. The van der Waals surface area contributed by atoms with Crippen LogP contribution in [0.3, 0.4) is 0 Å². The average Bonchev–Trinajstić information content (AvgIpc) is 2.95. The van der Waals surface area contributed by atoms with Crippen molar-refractivity contribution in [2.45, 2.75) is 58.3 Å². The zero-order valence-corrected chi connectivity index (χ0v) is 21.6. The topological polar surface area (TPSA) is 132 Å². The zero-order valence-electron chi connectivity index (χ0n) is 22.6. The summed E-state index contributed by atoms with van der Waals surface area (Å²) in [5.74, 6) is -1.37.